The molecule has 1 heterocycles. The molecule has 0 saturated heterocycles. The fourth-order valence-corrected chi connectivity index (χ4v) is 2.89. The quantitative estimate of drug-likeness (QED) is 0.649. The smallest absolute Gasteiger partial charge is 0.431 e. The van der Waals surface area contributed by atoms with Crippen LogP contribution in [0.25, 0.3) is 0 Å². The Morgan fingerprint density at radius 3 is 2.38 bits per heavy atom. The second-order valence-electron chi connectivity index (χ2n) is 5.93. The second kappa shape index (κ2) is 8.50. The molecule has 1 aromatic carbocycles. The summed E-state index contributed by atoms with van der Waals surface area (Å²) in [5, 5.41) is -0.188. The van der Waals surface area contributed by atoms with Crippen molar-refractivity contribution in [1.82, 2.24) is 9.13 Å². The van der Waals surface area contributed by atoms with Crippen LogP contribution in [0.1, 0.15) is 18.2 Å². The highest BCUT2D eigenvalue weighted by molar-refractivity contribution is 6.43. The summed E-state index contributed by atoms with van der Waals surface area (Å²) in [6.07, 6.45) is -5.84. The van der Waals surface area contributed by atoms with E-state index in [2.05, 4.69) is 4.74 Å². The normalized spacial score (nSPS) is 12.6. The Bertz CT molecular complexity index is 1060. The van der Waals surface area contributed by atoms with Crippen LogP contribution in [-0.2, 0) is 29.3 Å². The van der Waals surface area contributed by atoms with Gasteiger partial charge < -0.3 is 9.47 Å². The lowest BCUT2D eigenvalue weighted by atomic mass is 10.2. The summed E-state index contributed by atoms with van der Waals surface area (Å²) in [4.78, 5) is 35.8. The molecule has 1 unspecified atom stereocenters. The van der Waals surface area contributed by atoms with Crippen molar-refractivity contribution in [3.63, 3.8) is 0 Å². The first kappa shape index (κ1) is 22.8. The summed E-state index contributed by atoms with van der Waals surface area (Å²) in [5.41, 5.74) is -3.49. The van der Waals surface area contributed by atoms with Crippen LogP contribution in [0.15, 0.2) is 27.8 Å². The molecule has 12 heteroatoms. The minimum absolute atomic E-state index is 0.0472. The van der Waals surface area contributed by atoms with Crippen molar-refractivity contribution in [2.45, 2.75) is 25.7 Å². The first-order chi connectivity index (χ1) is 13.4. The number of aromatic nitrogens is 2. The van der Waals surface area contributed by atoms with Gasteiger partial charge in [-0.2, -0.15) is 13.2 Å². The molecule has 7 nitrogen and oxygen atoms in total. The zero-order valence-electron chi connectivity index (χ0n) is 15.3. The molecule has 158 valence electrons. The summed E-state index contributed by atoms with van der Waals surface area (Å²) in [7, 11) is 2.09. The number of hydrogen-bond acceptors (Lipinski definition) is 5. The third-order valence-electron chi connectivity index (χ3n) is 3.99. The largest absolute Gasteiger partial charge is 0.477 e. The summed E-state index contributed by atoms with van der Waals surface area (Å²) in [5.74, 6) is -0.605. The summed E-state index contributed by atoms with van der Waals surface area (Å²) in [6.45, 7) is 1.00. The zero-order chi connectivity index (χ0) is 22.1. The molecule has 0 spiro atoms. The highest BCUT2D eigenvalue weighted by Crippen LogP contribution is 2.35. The van der Waals surface area contributed by atoms with Crippen molar-refractivity contribution in [3.05, 3.63) is 60.3 Å². The van der Waals surface area contributed by atoms with E-state index in [4.69, 9.17) is 27.9 Å². The number of carbonyl (C=O) groups is 1. The van der Waals surface area contributed by atoms with Crippen LogP contribution in [0.5, 0.6) is 5.75 Å². The number of halogens is 5. The van der Waals surface area contributed by atoms with Gasteiger partial charge in [0.05, 0.1) is 18.7 Å². The SMILES string of the molecule is COC(=O)C(C)Oc1ccc(Cn2c(=O)cc(C(F)(F)F)n(C)c2=O)c(Cl)c1Cl. The molecule has 0 amide bonds. The van der Waals surface area contributed by atoms with Gasteiger partial charge in [-0.3, -0.25) is 13.9 Å². The Morgan fingerprint density at radius 1 is 1.21 bits per heavy atom. The van der Waals surface area contributed by atoms with Crippen LogP contribution in [0.2, 0.25) is 10.0 Å². The van der Waals surface area contributed by atoms with E-state index in [0.29, 0.717) is 15.2 Å². The molecule has 0 radical (unpaired) electrons. The van der Waals surface area contributed by atoms with E-state index in [9.17, 15) is 27.6 Å². The average Bonchev–Trinajstić information content (AvgIpc) is 2.65. The fourth-order valence-electron chi connectivity index (χ4n) is 2.45. The molecule has 2 aromatic rings. The van der Waals surface area contributed by atoms with Gasteiger partial charge in [0.1, 0.15) is 16.5 Å². The third-order valence-corrected chi connectivity index (χ3v) is 4.89. The number of alkyl halides is 3. The van der Waals surface area contributed by atoms with Gasteiger partial charge in [0.2, 0.25) is 0 Å². The molecule has 29 heavy (non-hydrogen) atoms. The molecule has 0 N–H and O–H groups in total. The second-order valence-corrected chi connectivity index (χ2v) is 6.68. The van der Waals surface area contributed by atoms with Gasteiger partial charge in [-0.25, -0.2) is 9.59 Å². The maximum atomic E-state index is 12.9. The summed E-state index contributed by atoms with van der Waals surface area (Å²) in [6, 6.07) is 3.05. The van der Waals surface area contributed by atoms with Gasteiger partial charge in [-0.1, -0.05) is 29.3 Å². The van der Waals surface area contributed by atoms with E-state index in [1.807, 2.05) is 0 Å². The lowest BCUT2D eigenvalue weighted by molar-refractivity contribution is -0.148. The topological polar surface area (TPSA) is 79.5 Å². The third kappa shape index (κ3) is 4.76. The molecular formula is C17H15Cl2F3N2O5. The molecule has 0 saturated carbocycles. The first-order valence-corrected chi connectivity index (χ1v) is 8.73. The molecule has 0 fully saturated rings. The van der Waals surface area contributed by atoms with E-state index < -0.39 is 41.7 Å². The van der Waals surface area contributed by atoms with Crippen molar-refractivity contribution in [2.24, 2.45) is 7.05 Å². The van der Waals surface area contributed by atoms with Crippen molar-refractivity contribution in [3.8, 4) is 5.75 Å². The molecule has 0 bridgehead atoms. The van der Waals surface area contributed by atoms with Crippen LogP contribution < -0.4 is 16.0 Å². The van der Waals surface area contributed by atoms with Crippen LogP contribution in [0.4, 0.5) is 13.2 Å². The standard InChI is InChI=1S/C17H15Cl2F3N2O5/c1-8(15(26)28-3)29-10-5-4-9(13(18)14(10)19)7-24-12(25)6-11(17(20,21)22)23(2)16(24)27/h4-6,8H,7H2,1-3H3. The van der Waals surface area contributed by atoms with Gasteiger partial charge in [0.25, 0.3) is 5.56 Å². The van der Waals surface area contributed by atoms with Gasteiger partial charge >= 0.3 is 17.8 Å². The summed E-state index contributed by atoms with van der Waals surface area (Å²) >= 11 is 12.3. The lowest BCUT2D eigenvalue weighted by Crippen LogP contribution is -2.41. The Morgan fingerprint density at radius 2 is 1.83 bits per heavy atom. The van der Waals surface area contributed by atoms with E-state index in [0.717, 1.165) is 7.05 Å². The number of rotatable bonds is 5. The van der Waals surface area contributed by atoms with E-state index >= 15 is 0 Å². The van der Waals surface area contributed by atoms with Gasteiger partial charge in [-0.05, 0) is 18.6 Å². The van der Waals surface area contributed by atoms with Crippen molar-refractivity contribution < 1.29 is 27.4 Å². The van der Waals surface area contributed by atoms with Crippen molar-refractivity contribution >= 4 is 29.2 Å². The maximum absolute atomic E-state index is 12.9. The molecule has 1 aromatic heterocycles. The van der Waals surface area contributed by atoms with Crippen molar-refractivity contribution in [2.75, 3.05) is 7.11 Å². The molecule has 0 aliphatic heterocycles. The number of methoxy groups -OCH3 is 1. The van der Waals surface area contributed by atoms with Crippen LogP contribution in [-0.4, -0.2) is 28.3 Å². The predicted octanol–water partition coefficient (Wildman–Crippen LogP) is 2.86. The molecular weight excluding hydrogens is 440 g/mol. The highest BCUT2D eigenvalue weighted by Gasteiger charge is 2.35. The van der Waals surface area contributed by atoms with Gasteiger partial charge in [0.15, 0.2) is 6.10 Å². The maximum Gasteiger partial charge on any atom is 0.431 e. The van der Waals surface area contributed by atoms with E-state index in [1.54, 1.807) is 0 Å². The average molecular weight is 455 g/mol. The Balaban J connectivity index is 2.43. The van der Waals surface area contributed by atoms with Crippen LogP contribution in [0, 0.1) is 0 Å². The minimum atomic E-state index is -4.86. The first-order valence-electron chi connectivity index (χ1n) is 7.97. The van der Waals surface area contributed by atoms with Crippen molar-refractivity contribution in [1.29, 1.82) is 0 Å². The Kier molecular flexibility index (Phi) is 6.69. The van der Waals surface area contributed by atoms with Gasteiger partial charge in [-0.15, -0.1) is 0 Å². The van der Waals surface area contributed by atoms with Crippen LogP contribution in [0.3, 0.4) is 0 Å². The Labute approximate surface area is 172 Å². The lowest BCUT2D eigenvalue weighted by Gasteiger charge is -2.17. The predicted molar refractivity (Wildman–Crippen MR) is 98.6 cm³/mol. The highest BCUT2D eigenvalue weighted by atomic mass is 35.5. The Hall–Kier alpha value is -2.46. The van der Waals surface area contributed by atoms with Crippen LogP contribution >= 0.6 is 23.2 Å². The fraction of sp³-hybridized carbons (Fsp3) is 0.353. The molecule has 1 atom stereocenters. The number of ether oxygens (including phenoxy) is 2. The molecule has 2 rings (SSSR count). The number of benzene rings is 1. The number of carbonyl (C=O) groups excluding carboxylic acids is 1. The molecule has 0 aliphatic carbocycles. The zero-order valence-corrected chi connectivity index (χ0v) is 16.9. The van der Waals surface area contributed by atoms with E-state index in [1.165, 1.54) is 26.2 Å². The number of esters is 1. The number of hydrogen-bond donors (Lipinski definition) is 0. The van der Waals surface area contributed by atoms with Gasteiger partial charge in [0, 0.05) is 13.1 Å². The monoisotopic (exact) mass is 454 g/mol. The minimum Gasteiger partial charge on any atom is -0.477 e. The molecule has 0 aliphatic rings. The summed E-state index contributed by atoms with van der Waals surface area (Å²) < 4.78 is 49.6. The number of nitrogens with zero attached hydrogens (tertiary/aromatic N) is 2. The van der Waals surface area contributed by atoms with E-state index in [-0.39, 0.29) is 21.4 Å².